The minimum atomic E-state index is 0.996. The van der Waals surface area contributed by atoms with Crippen LogP contribution in [0.1, 0.15) is 97.3 Å². The summed E-state index contributed by atoms with van der Waals surface area (Å²) in [6.07, 6.45) is 20.4. The third-order valence-corrected chi connectivity index (χ3v) is 3.95. The fourth-order valence-electron chi connectivity index (χ4n) is 2.69. The van der Waals surface area contributed by atoms with Crippen LogP contribution in [0.25, 0.3) is 0 Å². The van der Waals surface area contributed by atoms with Crippen molar-refractivity contribution < 1.29 is 0 Å². The summed E-state index contributed by atoms with van der Waals surface area (Å²) >= 11 is 0. The van der Waals surface area contributed by atoms with Gasteiger partial charge in [0.2, 0.25) is 0 Å². The summed E-state index contributed by atoms with van der Waals surface area (Å²) in [5.74, 6) is 0.996. The minimum Gasteiger partial charge on any atom is -0.103 e. The van der Waals surface area contributed by atoms with Gasteiger partial charge in [-0.25, -0.2) is 0 Å². The molecule has 0 saturated carbocycles. The summed E-state index contributed by atoms with van der Waals surface area (Å²) in [6.45, 7) is 8.43. The quantitative estimate of drug-likeness (QED) is 0.233. The summed E-state index contributed by atoms with van der Waals surface area (Å²) < 4.78 is 0. The molecule has 0 rings (SSSR count). The Labute approximate surface area is 116 Å². The van der Waals surface area contributed by atoms with Crippen LogP contribution in [0.15, 0.2) is 12.7 Å². The Hall–Kier alpha value is -0.260. The van der Waals surface area contributed by atoms with Gasteiger partial charge >= 0.3 is 0 Å². The van der Waals surface area contributed by atoms with E-state index >= 15 is 0 Å². The van der Waals surface area contributed by atoms with E-state index in [0.717, 1.165) is 5.92 Å². The first-order valence-electron chi connectivity index (χ1n) is 8.46. The molecule has 0 radical (unpaired) electrons. The zero-order valence-corrected chi connectivity index (χ0v) is 13.1. The second-order valence-corrected chi connectivity index (χ2v) is 5.78. The van der Waals surface area contributed by atoms with E-state index in [1.165, 1.54) is 83.5 Å². The molecule has 0 aromatic rings. The first-order valence-corrected chi connectivity index (χ1v) is 8.46. The minimum absolute atomic E-state index is 0.996. The van der Waals surface area contributed by atoms with Gasteiger partial charge in [0.1, 0.15) is 0 Å². The average molecular weight is 252 g/mol. The largest absolute Gasteiger partial charge is 0.103 e. The highest BCUT2D eigenvalue weighted by atomic mass is 14.1. The van der Waals surface area contributed by atoms with E-state index in [9.17, 15) is 0 Å². The molecule has 1 unspecified atom stereocenters. The van der Waals surface area contributed by atoms with Crippen molar-refractivity contribution in [1.29, 1.82) is 0 Å². The summed E-state index contributed by atoms with van der Waals surface area (Å²) in [7, 11) is 0. The van der Waals surface area contributed by atoms with Crippen molar-refractivity contribution in [2.24, 2.45) is 5.92 Å². The third kappa shape index (κ3) is 12.2. The fraction of sp³-hybridized carbons (Fsp3) is 0.889. The van der Waals surface area contributed by atoms with Crippen LogP contribution in [-0.4, -0.2) is 0 Å². The highest BCUT2D eigenvalue weighted by Gasteiger charge is 2.07. The third-order valence-electron chi connectivity index (χ3n) is 3.95. The van der Waals surface area contributed by atoms with E-state index in [1.807, 2.05) is 0 Å². The highest BCUT2D eigenvalue weighted by Crippen LogP contribution is 2.23. The van der Waals surface area contributed by atoms with Crippen LogP contribution in [0, 0.1) is 5.92 Å². The summed E-state index contributed by atoms with van der Waals surface area (Å²) in [6, 6.07) is 0. The van der Waals surface area contributed by atoms with Gasteiger partial charge in [0.25, 0.3) is 0 Å². The predicted octanol–water partition coefficient (Wildman–Crippen LogP) is 6.90. The Bertz CT molecular complexity index is 159. The Kier molecular flexibility index (Phi) is 14.6. The number of hydrogen-bond acceptors (Lipinski definition) is 0. The molecule has 0 nitrogen and oxygen atoms in total. The molecule has 0 heteroatoms. The molecule has 1 atom stereocenters. The molecule has 0 aromatic heterocycles. The van der Waals surface area contributed by atoms with Crippen LogP contribution in [-0.2, 0) is 0 Å². The van der Waals surface area contributed by atoms with Gasteiger partial charge in [-0.1, -0.05) is 90.6 Å². The van der Waals surface area contributed by atoms with Gasteiger partial charge in [0.05, 0.1) is 0 Å². The Morgan fingerprint density at radius 2 is 1.28 bits per heavy atom. The van der Waals surface area contributed by atoms with E-state index in [-0.39, 0.29) is 0 Å². The highest BCUT2D eigenvalue weighted by molar-refractivity contribution is 4.68. The van der Waals surface area contributed by atoms with E-state index in [0.29, 0.717) is 0 Å². The van der Waals surface area contributed by atoms with Gasteiger partial charge in [-0.15, -0.1) is 6.58 Å². The lowest BCUT2D eigenvalue weighted by Gasteiger charge is -2.16. The van der Waals surface area contributed by atoms with Crippen molar-refractivity contribution in [2.75, 3.05) is 0 Å². The number of rotatable bonds is 14. The summed E-state index contributed by atoms with van der Waals surface area (Å²) in [5, 5.41) is 0. The molecule has 0 aromatic carbocycles. The van der Waals surface area contributed by atoms with E-state index in [1.54, 1.807) is 0 Å². The van der Waals surface area contributed by atoms with Crippen LogP contribution in [0.2, 0.25) is 0 Å². The lowest BCUT2D eigenvalue weighted by Crippen LogP contribution is -2.01. The molecular weight excluding hydrogens is 216 g/mol. The average Bonchev–Trinajstić information content (AvgIpc) is 2.39. The maximum atomic E-state index is 3.82. The van der Waals surface area contributed by atoms with Crippen molar-refractivity contribution in [3.63, 3.8) is 0 Å². The lowest BCUT2D eigenvalue weighted by atomic mass is 9.90. The molecule has 108 valence electrons. The van der Waals surface area contributed by atoms with Gasteiger partial charge in [-0.2, -0.15) is 0 Å². The van der Waals surface area contributed by atoms with Crippen molar-refractivity contribution >= 4 is 0 Å². The second-order valence-electron chi connectivity index (χ2n) is 5.78. The normalized spacial score (nSPS) is 12.6. The lowest BCUT2D eigenvalue weighted by molar-refractivity contribution is 0.379. The predicted molar refractivity (Wildman–Crippen MR) is 85.1 cm³/mol. The van der Waals surface area contributed by atoms with E-state index in [4.69, 9.17) is 0 Å². The fourth-order valence-corrected chi connectivity index (χ4v) is 2.69. The molecule has 0 aliphatic rings. The Morgan fingerprint density at radius 1 is 0.722 bits per heavy atom. The van der Waals surface area contributed by atoms with Gasteiger partial charge in [-0.05, 0) is 18.8 Å². The van der Waals surface area contributed by atoms with Gasteiger partial charge < -0.3 is 0 Å². The number of hydrogen-bond donors (Lipinski definition) is 0. The van der Waals surface area contributed by atoms with Gasteiger partial charge in [0, 0.05) is 0 Å². The second kappa shape index (κ2) is 14.8. The number of unbranched alkanes of at least 4 members (excludes halogenated alkanes) is 7. The van der Waals surface area contributed by atoms with Crippen LogP contribution in [0.4, 0.5) is 0 Å². The van der Waals surface area contributed by atoms with E-state index in [2.05, 4.69) is 26.5 Å². The van der Waals surface area contributed by atoms with Crippen molar-refractivity contribution in [3.05, 3.63) is 12.7 Å². The smallest absolute Gasteiger partial charge is 0.0353 e. The van der Waals surface area contributed by atoms with Crippen molar-refractivity contribution in [2.45, 2.75) is 97.3 Å². The van der Waals surface area contributed by atoms with Crippen molar-refractivity contribution in [3.8, 4) is 0 Å². The van der Waals surface area contributed by atoms with Crippen LogP contribution < -0.4 is 0 Å². The van der Waals surface area contributed by atoms with Crippen LogP contribution in [0.5, 0.6) is 0 Å². The number of allylic oxidation sites excluding steroid dienone is 1. The molecule has 0 saturated heterocycles. The molecule has 0 amide bonds. The molecule has 0 bridgehead atoms. The zero-order chi connectivity index (χ0) is 13.5. The zero-order valence-electron chi connectivity index (χ0n) is 13.1. The molecule has 0 heterocycles. The molecule has 18 heavy (non-hydrogen) atoms. The first-order chi connectivity index (χ1) is 8.85. The molecule has 0 N–H and O–H groups in total. The Balaban J connectivity index is 3.54. The monoisotopic (exact) mass is 252 g/mol. The maximum Gasteiger partial charge on any atom is -0.0353 e. The molecule has 0 spiro atoms. The van der Waals surface area contributed by atoms with Crippen molar-refractivity contribution in [1.82, 2.24) is 0 Å². The van der Waals surface area contributed by atoms with E-state index < -0.39 is 0 Å². The summed E-state index contributed by atoms with van der Waals surface area (Å²) in [4.78, 5) is 0. The molecular formula is C18H36. The topological polar surface area (TPSA) is 0 Å². The van der Waals surface area contributed by atoms with Crippen LogP contribution >= 0.6 is 0 Å². The SMILES string of the molecule is C=CCCCC(CCCC)CCCCCCCC. The van der Waals surface area contributed by atoms with Gasteiger partial charge in [0.15, 0.2) is 0 Å². The maximum absolute atomic E-state index is 3.82. The molecule has 0 fully saturated rings. The molecule has 0 aliphatic carbocycles. The van der Waals surface area contributed by atoms with Crippen LogP contribution in [0.3, 0.4) is 0 Å². The molecule has 0 aliphatic heterocycles. The summed E-state index contributed by atoms with van der Waals surface area (Å²) in [5.41, 5.74) is 0. The van der Waals surface area contributed by atoms with Gasteiger partial charge in [-0.3, -0.25) is 0 Å². The Morgan fingerprint density at radius 3 is 1.94 bits per heavy atom. The standard InChI is InChI=1S/C18H36/c1-4-7-10-11-12-14-17-18(15-9-6-3)16-13-8-5-2/h5,18H,2,4,6-17H2,1,3H3. The first kappa shape index (κ1) is 17.7.